The lowest BCUT2D eigenvalue weighted by Crippen LogP contribution is -2.20. The van der Waals surface area contributed by atoms with Crippen molar-refractivity contribution in [3.05, 3.63) is 29.8 Å². The van der Waals surface area contributed by atoms with Crippen LogP contribution in [0.25, 0.3) is 0 Å². The van der Waals surface area contributed by atoms with Crippen molar-refractivity contribution in [3.63, 3.8) is 0 Å². The number of rotatable bonds is 3. The summed E-state index contributed by atoms with van der Waals surface area (Å²) in [7, 11) is 1.65. The van der Waals surface area contributed by atoms with Gasteiger partial charge < -0.3 is 4.74 Å². The average Bonchev–Trinajstić information content (AvgIpc) is 2.06. The number of hydrazine groups is 1. The van der Waals surface area contributed by atoms with Crippen molar-refractivity contribution in [2.45, 2.75) is 6.54 Å². The molecular formula is C8H12N2O. The van der Waals surface area contributed by atoms with Gasteiger partial charge in [0.25, 0.3) is 0 Å². The molecule has 1 aromatic rings. The number of ether oxygens (including phenoxy) is 1. The molecule has 0 saturated heterocycles. The van der Waals surface area contributed by atoms with E-state index < -0.39 is 0 Å². The Morgan fingerprint density at radius 2 is 2.36 bits per heavy atom. The molecule has 0 aliphatic carbocycles. The number of hydrogen-bond acceptors (Lipinski definition) is 3. The Hall–Kier alpha value is -1.06. The second-order valence-corrected chi connectivity index (χ2v) is 2.23. The zero-order chi connectivity index (χ0) is 8.10. The maximum atomic E-state index is 5.16. The van der Waals surface area contributed by atoms with Gasteiger partial charge >= 0.3 is 0 Å². The van der Waals surface area contributed by atoms with Crippen molar-refractivity contribution in [2.24, 2.45) is 5.84 Å². The van der Waals surface area contributed by atoms with E-state index in [0.29, 0.717) is 6.54 Å². The van der Waals surface area contributed by atoms with E-state index in [1.807, 2.05) is 24.3 Å². The van der Waals surface area contributed by atoms with Gasteiger partial charge in [0.1, 0.15) is 5.75 Å². The summed E-state index contributed by atoms with van der Waals surface area (Å²) in [5, 5.41) is 0. The van der Waals surface area contributed by atoms with Crippen LogP contribution in [-0.4, -0.2) is 7.11 Å². The zero-order valence-electron chi connectivity index (χ0n) is 6.50. The SMILES string of the molecule is COc1cccc(CNN)c1. The fraction of sp³-hybridized carbons (Fsp3) is 0.250. The van der Waals surface area contributed by atoms with Crippen molar-refractivity contribution >= 4 is 0 Å². The molecule has 1 rings (SSSR count). The highest BCUT2D eigenvalue weighted by molar-refractivity contribution is 5.28. The molecule has 1 aromatic carbocycles. The molecule has 3 nitrogen and oxygen atoms in total. The van der Waals surface area contributed by atoms with Crippen molar-refractivity contribution < 1.29 is 4.74 Å². The molecule has 0 heterocycles. The summed E-state index contributed by atoms with van der Waals surface area (Å²) >= 11 is 0. The Kier molecular flexibility index (Phi) is 2.89. The Morgan fingerprint density at radius 3 is 3.00 bits per heavy atom. The molecular weight excluding hydrogens is 140 g/mol. The second-order valence-electron chi connectivity index (χ2n) is 2.23. The summed E-state index contributed by atoms with van der Waals surface area (Å²) in [5.41, 5.74) is 3.70. The molecule has 0 radical (unpaired) electrons. The molecule has 0 aromatic heterocycles. The van der Waals surface area contributed by atoms with Crippen LogP contribution in [0.3, 0.4) is 0 Å². The minimum absolute atomic E-state index is 0.664. The van der Waals surface area contributed by atoms with Crippen LogP contribution in [0.4, 0.5) is 0 Å². The smallest absolute Gasteiger partial charge is 0.119 e. The maximum absolute atomic E-state index is 5.16. The fourth-order valence-corrected chi connectivity index (χ4v) is 0.900. The first-order valence-corrected chi connectivity index (χ1v) is 3.43. The molecule has 0 aliphatic rings. The standard InChI is InChI=1S/C8H12N2O/c1-11-8-4-2-3-7(5-8)6-10-9/h2-5,10H,6,9H2,1H3. The van der Waals surface area contributed by atoms with Crippen molar-refractivity contribution in [2.75, 3.05) is 7.11 Å². The lowest BCUT2D eigenvalue weighted by Gasteiger charge is -2.02. The average molecular weight is 152 g/mol. The Bertz CT molecular complexity index is 225. The number of nitrogens with one attached hydrogen (secondary N) is 1. The van der Waals surface area contributed by atoms with Crippen LogP contribution < -0.4 is 16.0 Å². The minimum atomic E-state index is 0.664. The van der Waals surface area contributed by atoms with Crippen molar-refractivity contribution in [1.29, 1.82) is 0 Å². The summed E-state index contributed by atoms with van der Waals surface area (Å²) < 4.78 is 5.03. The predicted molar refractivity (Wildman–Crippen MR) is 44.0 cm³/mol. The molecule has 0 aliphatic heterocycles. The van der Waals surface area contributed by atoms with Crippen LogP contribution in [0.1, 0.15) is 5.56 Å². The molecule has 3 heteroatoms. The summed E-state index contributed by atoms with van der Waals surface area (Å²) in [6.45, 7) is 0.664. The van der Waals surface area contributed by atoms with Crippen LogP contribution >= 0.6 is 0 Å². The van der Waals surface area contributed by atoms with Gasteiger partial charge in [0.05, 0.1) is 7.11 Å². The molecule has 60 valence electrons. The number of methoxy groups -OCH3 is 1. The van der Waals surface area contributed by atoms with E-state index in [4.69, 9.17) is 10.6 Å². The van der Waals surface area contributed by atoms with E-state index in [1.54, 1.807) is 7.11 Å². The van der Waals surface area contributed by atoms with Crippen LogP contribution in [-0.2, 0) is 6.54 Å². The maximum Gasteiger partial charge on any atom is 0.119 e. The van der Waals surface area contributed by atoms with E-state index in [-0.39, 0.29) is 0 Å². The van der Waals surface area contributed by atoms with Crippen molar-refractivity contribution in [1.82, 2.24) is 5.43 Å². The highest BCUT2D eigenvalue weighted by Crippen LogP contribution is 2.11. The first-order chi connectivity index (χ1) is 5.36. The minimum Gasteiger partial charge on any atom is -0.497 e. The normalized spacial score (nSPS) is 9.64. The number of nitrogens with two attached hydrogens (primary N) is 1. The van der Waals surface area contributed by atoms with Gasteiger partial charge in [0.2, 0.25) is 0 Å². The van der Waals surface area contributed by atoms with E-state index in [0.717, 1.165) is 11.3 Å². The van der Waals surface area contributed by atoms with Gasteiger partial charge in [-0.2, -0.15) is 0 Å². The van der Waals surface area contributed by atoms with Crippen LogP contribution in [0.15, 0.2) is 24.3 Å². The lowest BCUT2D eigenvalue weighted by molar-refractivity contribution is 0.414. The van der Waals surface area contributed by atoms with Gasteiger partial charge in [0, 0.05) is 6.54 Å². The van der Waals surface area contributed by atoms with Gasteiger partial charge in [-0.15, -0.1) is 0 Å². The molecule has 11 heavy (non-hydrogen) atoms. The Balaban J connectivity index is 2.74. The Morgan fingerprint density at radius 1 is 1.55 bits per heavy atom. The third-order valence-corrected chi connectivity index (χ3v) is 1.44. The number of benzene rings is 1. The summed E-state index contributed by atoms with van der Waals surface area (Å²) in [6, 6.07) is 7.77. The van der Waals surface area contributed by atoms with Crippen LogP contribution in [0.5, 0.6) is 5.75 Å². The third kappa shape index (κ3) is 2.22. The molecule has 0 spiro atoms. The quantitative estimate of drug-likeness (QED) is 0.494. The van der Waals surface area contributed by atoms with E-state index in [2.05, 4.69) is 5.43 Å². The molecule has 0 fully saturated rings. The predicted octanol–water partition coefficient (Wildman–Crippen LogP) is 0.658. The van der Waals surface area contributed by atoms with Crippen LogP contribution in [0.2, 0.25) is 0 Å². The number of hydrogen-bond donors (Lipinski definition) is 2. The monoisotopic (exact) mass is 152 g/mol. The van der Waals surface area contributed by atoms with Gasteiger partial charge in [-0.3, -0.25) is 11.3 Å². The van der Waals surface area contributed by atoms with Gasteiger partial charge in [0.15, 0.2) is 0 Å². The summed E-state index contributed by atoms with van der Waals surface area (Å²) in [4.78, 5) is 0. The van der Waals surface area contributed by atoms with Crippen LogP contribution in [0, 0.1) is 0 Å². The second kappa shape index (κ2) is 3.95. The molecule has 0 saturated carbocycles. The van der Waals surface area contributed by atoms with E-state index in [1.165, 1.54) is 0 Å². The molecule has 0 unspecified atom stereocenters. The highest BCUT2D eigenvalue weighted by atomic mass is 16.5. The highest BCUT2D eigenvalue weighted by Gasteiger charge is 1.92. The van der Waals surface area contributed by atoms with Gasteiger partial charge in [-0.05, 0) is 17.7 Å². The lowest BCUT2D eigenvalue weighted by atomic mass is 10.2. The third-order valence-electron chi connectivity index (χ3n) is 1.44. The van der Waals surface area contributed by atoms with Gasteiger partial charge in [-0.25, -0.2) is 0 Å². The molecule has 0 atom stereocenters. The fourth-order valence-electron chi connectivity index (χ4n) is 0.900. The molecule has 0 bridgehead atoms. The largest absolute Gasteiger partial charge is 0.497 e. The topological polar surface area (TPSA) is 47.3 Å². The summed E-state index contributed by atoms with van der Waals surface area (Å²) in [5.74, 6) is 6.02. The van der Waals surface area contributed by atoms with Crippen molar-refractivity contribution in [3.8, 4) is 5.75 Å². The van der Waals surface area contributed by atoms with E-state index >= 15 is 0 Å². The summed E-state index contributed by atoms with van der Waals surface area (Å²) in [6.07, 6.45) is 0. The Labute approximate surface area is 66.1 Å². The molecule has 3 N–H and O–H groups in total. The zero-order valence-corrected chi connectivity index (χ0v) is 6.50. The van der Waals surface area contributed by atoms with E-state index in [9.17, 15) is 0 Å². The molecule has 0 amide bonds. The van der Waals surface area contributed by atoms with Gasteiger partial charge in [-0.1, -0.05) is 12.1 Å². The first kappa shape index (κ1) is 8.04. The first-order valence-electron chi connectivity index (χ1n) is 3.43.